The van der Waals surface area contributed by atoms with E-state index in [2.05, 4.69) is 66.1 Å². The largest absolute Gasteiger partial charge is 0.299 e. The van der Waals surface area contributed by atoms with E-state index in [9.17, 15) is 0 Å². The first-order chi connectivity index (χ1) is 19.1. The summed E-state index contributed by atoms with van der Waals surface area (Å²) in [7, 11) is 0. The Morgan fingerprint density at radius 3 is 2.23 bits per heavy atom. The summed E-state index contributed by atoms with van der Waals surface area (Å²) >= 11 is 0. The van der Waals surface area contributed by atoms with Gasteiger partial charge in [-0.05, 0) is 53.6 Å². The fourth-order valence-corrected chi connectivity index (χ4v) is 5.50. The van der Waals surface area contributed by atoms with Crippen molar-refractivity contribution in [2.24, 2.45) is 0 Å². The first kappa shape index (κ1) is 23.0. The van der Waals surface area contributed by atoms with Crippen LogP contribution < -0.4 is 0 Å². The second-order valence-corrected chi connectivity index (χ2v) is 9.72. The SMILES string of the molecule is CCc1nc2ccccc2n1-c1ccc(-c2ccc3c4c(c(-c5ccccc5)nc3c2)C=CC(=N)C4=N)cc1. The molecule has 186 valence electrons. The maximum Gasteiger partial charge on any atom is 0.114 e. The zero-order chi connectivity index (χ0) is 26.5. The molecule has 0 amide bonds. The molecule has 0 aliphatic heterocycles. The van der Waals surface area contributed by atoms with Crippen molar-refractivity contribution in [3.05, 3.63) is 120 Å². The van der Waals surface area contributed by atoms with Crippen LogP contribution in [0.5, 0.6) is 0 Å². The van der Waals surface area contributed by atoms with Crippen LogP contribution in [0.1, 0.15) is 23.9 Å². The van der Waals surface area contributed by atoms with Crippen LogP contribution in [0.25, 0.3) is 56.1 Å². The van der Waals surface area contributed by atoms with Crippen molar-refractivity contribution in [2.45, 2.75) is 13.3 Å². The molecule has 0 spiro atoms. The molecule has 1 aliphatic rings. The van der Waals surface area contributed by atoms with Crippen LogP contribution in [0.2, 0.25) is 0 Å². The third kappa shape index (κ3) is 3.70. The number of rotatable bonds is 4. The molecule has 0 fully saturated rings. The van der Waals surface area contributed by atoms with Gasteiger partial charge in [-0.2, -0.15) is 0 Å². The highest BCUT2D eigenvalue weighted by molar-refractivity contribution is 6.54. The van der Waals surface area contributed by atoms with E-state index >= 15 is 0 Å². The summed E-state index contributed by atoms with van der Waals surface area (Å²) in [4.78, 5) is 9.91. The first-order valence-corrected chi connectivity index (χ1v) is 13.1. The van der Waals surface area contributed by atoms with Crippen molar-refractivity contribution >= 4 is 39.4 Å². The lowest BCUT2D eigenvalue weighted by molar-refractivity contribution is 0.908. The van der Waals surface area contributed by atoms with E-state index in [0.29, 0.717) is 0 Å². The van der Waals surface area contributed by atoms with E-state index in [1.54, 1.807) is 6.08 Å². The van der Waals surface area contributed by atoms with Gasteiger partial charge in [-0.3, -0.25) is 15.4 Å². The summed E-state index contributed by atoms with van der Waals surface area (Å²) in [5, 5.41) is 17.9. The second-order valence-electron chi connectivity index (χ2n) is 9.72. The van der Waals surface area contributed by atoms with Gasteiger partial charge in [-0.25, -0.2) is 9.97 Å². The summed E-state index contributed by atoms with van der Waals surface area (Å²) < 4.78 is 2.23. The number of nitrogens with zero attached hydrogens (tertiary/aromatic N) is 3. The lowest BCUT2D eigenvalue weighted by Gasteiger charge is -2.19. The Morgan fingerprint density at radius 2 is 1.44 bits per heavy atom. The van der Waals surface area contributed by atoms with Gasteiger partial charge in [0.1, 0.15) is 5.82 Å². The molecule has 39 heavy (non-hydrogen) atoms. The van der Waals surface area contributed by atoms with Crippen LogP contribution in [-0.4, -0.2) is 26.0 Å². The van der Waals surface area contributed by atoms with Crippen LogP contribution in [0, 0.1) is 10.8 Å². The third-order valence-corrected chi connectivity index (χ3v) is 7.41. The van der Waals surface area contributed by atoms with E-state index in [-0.39, 0.29) is 11.4 Å². The van der Waals surface area contributed by atoms with Crippen LogP contribution in [0.15, 0.2) is 103 Å². The van der Waals surface area contributed by atoms with Gasteiger partial charge in [0.25, 0.3) is 0 Å². The van der Waals surface area contributed by atoms with Gasteiger partial charge in [0.15, 0.2) is 0 Å². The number of aromatic nitrogens is 3. The minimum Gasteiger partial charge on any atom is -0.299 e. The highest BCUT2D eigenvalue weighted by Gasteiger charge is 2.23. The van der Waals surface area contributed by atoms with Crippen molar-refractivity contribution in [3.8, 4) is 28.1 Å². The molecule has 6 aromatic rings. The predicted octanol–water partition coefficient (Wildman–Crippen LogP) is 7.88. The van der Waals surface area contributed by atoms with E-state index in [4.69, 9.17) is 20.8 Å². The number of nitrogens with one attached hydrogen (secondary N) is 2. The minimum absolute atomic E-state index is 0.215. The highest BCUT2D eigenvalue weighted by Crippen LogP contribution is 2.35. The lowest BCUT2D eigenvalue weighted by Crippen LogP contribution is -2.17. The topological polar surface area (TPSA) is 78.4 Å². The van der Waals surface area contributed by atoms with Crippen LogP contribution in [0.3, 0.4) is 0 Å². The Labute approximate surface area is 226 Å². The van der Waals surface area contributed by atoms with Gasteiger partial charge in [0.2, 0.25) is 0 Å². The average molecular weight is 504 g/mol. The van der Waals surface area contributed by atoms with E-state index < -0.39 is 0 Å². The molecule has 2 heterocycles. The molecule has 5 nitrogen and oxygen atoms in total. The van der Waals surface area contributed by atoms with E-state index in [1.165, 1.54) is 0 Å². The zero-order valence-corrected chi connectivity index (χ0v) is 21.4. The molecule has 0 atom stereocenters. The Bertz CT molecular complexity index is 1960. The smallest absolute Gasteiger partial charge is 0.114 e. The Morgan fingerprint density at radius 1 is 0.692 bits per heavy atom. The number of hydrogen-bond donors (Lipinski definition) is 2. The van der Waals surface area contributed by atoms with Crippen LogP contribution >= 0.6 is 0 Å². The summed E-state index contributed by atoms with van der Waals surface area (Å²) in [6.45, 7) is 2.13. The van der Waals surface area contributed by atoms with Crippen molar-refractivity contribution < 1.29 is 0 Å². The van der Waals surface area contributed by atoms with Crippen molar-refractivity contribution in [1.82, 2.24) is 14.5 Å². The molecule has 2 N–H and O–H groups in total. The maximum atomic E-state index is 8.71. The first-order valence-electron chi connectivity index (χ1n) is 13.1. The monoisotopic (exact) mass is 503 g/mol. The molecule has 7 rings (SSSR count). The van der Waals surface area contributed by atoms with Crippen LogP contribution in [-0.2, 0) is 6.42 Å². The number of fused-ring (bicyclic) bond motifs is 4. The predicted molar refractivity (Wildman–Crippen MR) is 160 cm³/mol. The number of allylic oxidation sites excluding steroid dienone is 1. The molecular weight excluding hydrogens is 478 g/mol. The minimum atomic E-state index is 0.215. The van der Waals surface area contributed by atoms with Gasteiger partial charge < -0.3 is 0 Å². The molecule has 5 heteroatoms. The van der Waals surface area contributed by atoms with Gasteiger partial charge in [-0.1, -0.05) is 73.7 Å². The molecule has 0 radical (unpaired) electrons. The molecule has 0 saturated carbocycles. The second kappa shape index (κ2) is 8.99. The molecule has 4 aromatic carbocycles. The molecule has 0 bridgehead atoms. The zero-order valence-electron chi connectivity index (χ0n) is 21.4. The summed E-state index contributed by atoms with van der Waals surface area (Å²) in [6.07, 6.45) is 4.46. The maximum absolute atomic E-state index is 8.71. The standard InChI is InChI=1S/C34H25N5/c1-2-31-37-28-10-6-7-11-30(28)39(31)24-15-12-21(13-16-24)23-14-17-25-29(20-23)38-34(22-8-4-3-5-9-22)26-18-19-27(35)33(36)32(25)26/h3-20,35-36H,2H2,1H3. The van der Waals surface area contributed by atoms with E-state index in [0.717, 1.165) is 73.4 Å². The van der Waals surface area contributed by atoms with Crippen molar-refractivity contribution in [3.63, 3.8) is 0 Å². The quantitative estimate of drug-likeness (QED) is 0.257. The highest BCUT2D eigenvalue weighted by atomic mass is 15.1. The molecule has 0 unspecified atom stereocenters. The number of pyridine rings is 1. The Balaban J connectivity index is 1.36. The number of hydrogen-bond acceptors (Lipinski definition) is 4. The van der Waals surface area contributed by atoms with Crippen LogP contribution in [0.4, 0.5) is 0 Å². The third-order valence-electron chi connectivity index (χ3n) is 7.41. The summed E-state index contributed by atoms with van der Waals surface area (Å²) in [5.74, 6) is 1.04. The normalized spacial score (nSPS) is 12.8. The molecular formula is C34H25N5. The number of benzene rings is 4. The van der Waals surface area contributed by atoms with Gasteiger partial charge in [0, 0.05) is 34.2 Å². The summed E-state index contributed by atoms with van der Waals surface area (Å²) in [5.41, 5.74) is 10.1. The number of para-hydroxylation sites is 2. The Hall–Kier alpha value is -5.16. The fourth-order valence-electron chi connectivity index (χ4n) is 5.50. The molecule has 2 aromatic heterocycles. The van der Waals surface area contributed by atoms with Gasteiger partial charge >= 0.3 is 0 Å². The number of aryl methyl sites for hydroxylation is 1. The fraction of sp³-hybridized carbons (Fsp3) is 0.0588. The van der Waals surface area contributed by atoms with E-state index in [1.807, 2.05) is 48.5 Å². The summed E-state index contributed by atoms with van der Waals surface area (Å²) in [6, 6.07) is 33.1. The van der Waals surface area contributed by atoms with Crippen molar-refractivity contribution in [2.75, 3.05) is 0 Å². The van der Waals surface area contributed by atoms with Gasteiger partial charge in [0.05, 0.1) is 33.7 Å². The Kier molecular flexibility index (Phi) is 5.30. The van der Waals surface area contributed by atoms with Crippen molar-refractivity contribution in [1.29, 1.82) is 10.8 Å². The lowest BCUT2D eigenvalue weighted by atomic mass is 9.87. The molecule has 0 saturated heterocycles. The number of imidazole rings is 1. The molecule has 1 aliphatic carbocycles. The average Bonchev–Trinajstić information content (AvgIpc) is 3.37. The van der Waals surface area contributed by atoms with Gasteiger partial charge in [-0.15, -0.1) is 0 Å².